The van der Waals surface area contributed by atoms with Gasteiger partial charge in [0.25, 0.3) is 5.91 Å². The second kappa shape index (κ2) is 6.81. The number of para-hydroxylation sites is 1. The van der Waals surface area contributed by atoms with Gasteiger partial charge >= 0.3 is 6.03 Å². The van der Waals surface area contributed by atoms with E-state index in [-0.39, 0.29) is 24.3 Å². The van der Waals surface area contributed by atoms with Crippen molar-refractivity contribution in [3.8, 4) is 0 Å². The Morgan fingerprint density at radius 1 is 1.35 bits per heavy atom. The standard InChI is InChI=1S/C17H23N3O3/c1-5-12-8-6-7-11(4)15(12)18-13(21)9-20-16(22)14(10(2)3)19-17(20)23/h6-8,10,14H,5,9H2,1-4H3,(H,18,21)(H,19,23)/t14-/m0/s1. The number of nitrogens with zero attached hydrogens (tertiary/aromatic N) is 1. The molecule has 1 aromatic carbocycles. The maximum atomic E-state index is 12.3. The Bertz CT molecular complexity index is 640. The molecule has 6 heteroatoms. The van der Waals surface area contributed by atoms with Crippen LogP contribution in [0.5, 0.6) is 0 Å². The predicted octanol–water partition coefficient (Wildman–Crippen LogP) is 2.07. The first-order valence-electron chi connectivity index (χ1n) is 7.85. The molecule has 1 fully saturated rings. The van der Waals surface area contributed by atoms with Gasteiger partial charge in [0.05, 0.1) is 0 Å². The molecule has 2 rings (SSSR count). The lowest BCUT2D eigenvalue weighted by atomic mass is 10.0. The summed E-state index contributed by atoms with van der Waals surface area (Å²) in [5.74, 6) is -0.731. The summed E-state index contributed by atoms with van der Waals surface area (Å²) in [6.45, 7) is 7.36. The lowest BCUT2D eigenvalue weighted by molar-refractivity contribution is -0.131. The largest absolute Gasteiger partial charge is 0.326 e. The first kappa shape index (κ1) is 17.0. The highest BCUT2D eigenvalue weighted by molar-refractivity contribution is 6.08. The molecule has 23 heavy (non-hydrogen) atoms. The molecule has 0 spiro atoms. The zero-order valence-electron chi connectivity index (χ0n) is 14.0. The van der Waals surface area contributed by atoms with Crippen LogP contribution in [-0.4, -0.2) is 35.3 Å². The van der Waals surface area contributed by atoms with Crippen LogP contribution in [0.25, 0.3) is 0 Å². The summed E-state index contributed by atoms with van der Waals surface area (Å²) in [6, 6.07) is 4.74. The minimum absolute atomic E-state index is 0.0115. The van der Waals surface area contributed by atoms with Gasteiger partial charge in [-0.05, 0) is 30.4 Å². The Morgan fingerprint density at radius 3 is 2.61 bits per heavy atom. The molecule has 0 radical (unpaired) electrons. The van der Waals surface area contributed by atoms with Gasteiger partial charge in [-0.25, -0.2) is 4.79 Å². The van der Waals surface area contributed by atoms with E-state index in [0.29, 0.717) is 0 Å². The molecular formula is C17H23N3O3. The number of benzene rings is 1. The molecule has 1 aliphatic heterocycles. The number of carbonyl (C=O) groups is 3. The fraction of sp³-hybridized carbons (Fsp3) is 0.471. The van der Waals surface area contributed by atoms with E-state index >= 15 is 0 Å². The highest BCUT2D eigenvalue weighted by Gasteiger charge is 2.40. The third kappa shape index (κ3) is 3.52. The van der Waals surface area contributed by atoms with Crippen LogP contribution in [0.3, 0.4) is 0 Å². The molecular weight excluding hydrogens is 294 g/mol. The van der Waals surface area contributed by atoms with Gasteiger partial charge in [0.1, 0.15) is 12.6 Å². The number of imide groups is 1. The van der Waals surface area contributed by atoms with Crippen molar-refractivity contribution >= 4 is 23.5 Å². The number of urea groups is 1. The number of hydrogen-bond donors (Lipinski definition) is 2. The van der Waals surface area contributed by atoms with Crippen molar-refractivity contribution in [1.29, 1.82) is 0 Å². The number of anilines is 1. The number of hydrogen-bond acceptors (Lipinski definition) is 3. The number of nitrogens with one attached hydrogen (secondary N) is 2. The van der Waals surface area contributed by atoms with Crippen molar-refractivity contribution in [1.82, 2.24) is 10.2 Å². The predicted molar refractivity (Wildman–Crippen MR) is 88.1 cm³/mol. The maximum absolute atomic E-state index is 12.3. The summed E-state index contributed by atoms with van der Waals surface area (Å²) in [5, 5.41) is 5.44. The lowest BCUT2D eigenvalue weighted by Gasteiger charge is -2.16. The summed E-state index contributed by atoms with van der Waals surface area (Å²) >= 11 is 0. The van der Waals surface area contributed by atoms with E-state index in [2.05, 4.69) is 10.6 Å². The number of carbonyl (C=O) groups excluding carboxylic acids is 3. The highest BCUT2D eigenvalue weighted by atomic mass is 16.2. The van der Waals surface area contributed by atoms with E-state index in [4.69, 9.17) is 0 Å². The fourth-order valence-electron chi connectivity index (χ4n) is 2.67. The maximum Gasteiger partial charge on any atom is 0.325 e. The van der Waals surface area contributed by atoms with Gasteiger partial charge in [-0.1, -0.05) is 39.0 Å². The third-order valence-corrected chi connectivity index (χ3v) is 4.03. The Balaban J connectivity index is 2.09. The molecule has 4 amide bonds. The van der Waals surface area contributed by atoms with E-state index in [9.17, 15) is 14.4 Å². The summed E-state index contributed by atoms with van der Waals surface area (Å²) in [6.07, 6.45) is 0.788. The molecule has 0 aliphatic carbocycles. The van der Waals surface area contributed by atoms with Gasteiger partial charge in [-0.15, -0.1) is 0 Å². The zero-order chi connectivity index (χ0) is 17.1. The monoisotopic (exact) mass is 317 g/mol. The second-order valence-electron chi connectivity index (χ2n) is 6.11. The van der Waals surface area contributed by atoms with E-state index in [0.717, 1.165) is 28.1 Å². The van der Waals surface area contributed by atoms with E-state index in [1.54, 1.807) is 0 Å². The molecule has 1 atom stereocenters. The van der Waals surface area contributed by atoms with Crippen molar-refractivity contribution in [2.45, 2.75) is 40.2 Å². The Labute approximate surface area is 136 Å². The number of amides is 4. The SMILES string of the molecule is CCc1cccc(C)c1NC(=O)CN1C(=O)N[C@@H](C(C)C)C1=O. The van der Waals surface area contributed by atoms with Crippen LogP contribution < -0.4 is 10.6 Å². The minimum atomic E-state index is -0.556. The van der Waals surface area contributed by atoms with Crippen LogP contribution in [-0.2, 0) is 16.0 Å². The van der Waals surface area contributed by atoms with Crippen LogP contribution in [0.4, 0.5) is 10.5 Å². The Hall–Kier alpha value is -2.37. The van der Waals surface area contributed by atoms with Crippen molar-refractivity contribution in [3.05, 3.63) is 29.3 Å². The molecule has 0 unspecified atom stereocenters. The first-order chi connectivity index (χ1) is 10.8. The van der Waals surface area contributed by atoms with Crippen molar-refractivity contribution < 1.29 is 14.4 Å². The quantitative estimate of drug-likeness (QED) is 0.816. The van der Waals surface area contributed by atoms with Gasteiger partial charge < -0.3 is 10.6 Å². The first-order valence-corrected chi connectivity index (χ1v) is 7.85. The summed E-state index contributed by atoms with van der Waals surface area (Å²) in [4.78, 5) is 37.3. The summed E-state index contributed by atoms with van der Waals surface area (Å²) < 4.78 is 0. The molecule has 0 bridgehead atoms. The van der Waals surface area contributed by atoms with Crippen molar-refractivity contribution in [2.24, 2.45) is 5.92 Å². The topological polar surface area (TPSA) is 78.5 Å². The van der Waals surface area contributed by atoms with Crippen LogP contribution in [0, 0.1) is 12.8 Å². The van der Waals surface area contributed by atoms with Gasteiger partial charge in [0.2, 0.25) is 5.91 Å². The molecule has 0 saturated carbocycles. The highest BCUT2D eigenvalue weighted by Crippen LogP contribution is 2.21. The van der Waals surface area contributed by atoms with Gasteiger partial charge in [-0.2, -0.15) is 0 Å². The normalized spacial score (nSPS) is 17.6. The second-order valence-corrected chi connectivity index (χ2v) is 6.11. The van der Waals surface area contributed by atoms with Crippen LogP contribution in [0.1, 0.15) is 31.9 Å². The molecule has 2 N–H and O–H groups in total. The van der Waals surface area contributed by atoms with E-state index < -0.39 is 12.1 Å². The minimum Gasteiger partial charge on any atom is -0.326 e. The van der Waals surface area contributed by atoms with E-state index in [1.165, 1.54) is 0 Å². The molecule has 6 nitrogen and oxygen atoms in total. The molecule has 1 aromatic rings. The summed E-state index contributed by atoms with van der Waals surface area (Å²) in [7, 11) is 0. The van der Waals surface area contributed by atoms with Crippen LogP contribution >= 0.6 is 0 Å². The van der Waals surface area contributed by atoms with Crippen molar-refractivity contribution in [2.75, 3.05) is 11.9 Å². The molecule has 1 saturated heterocycles. The van der Waals surface area contributed by atoms with Gasteiger partial charge in [0.15, 0.2) is 0 Å². The van der Waals surface area contributed by atoms with E-state index in [1.807, 2.05) is 45.9 Å². The number of aryl methyl sites for hydroxylation is 2. The van der Waals surface area contributed by atoms with Crippen molar-refractivity contribution in [3.63, 3.8) is 0 Å². The third-order valence-electron chi connectivity index (χ3n) is 4.03. The van der Waals surface area contributed by atoms with Crippen LogP contribution in [0.15, 0.2) is 18.2 Å². The van der Waals surface area contributed by atoms with Crippen LogP contribution in [0.2, 0.25) is 0 Å². The zero-order valence-corrected chi connectivity index (χ0v) is 14.0. The summed E-state index contributed by atoms with van der Waals surface area (Å²) in [5.41, 5.74) is 2.73. The molecule has 0 aromatic heterocycles. The Morgan fingerprint density at radius 2 is 2.04 bits per heavy atom. The lowest BCUT2D eigenvalue weighted by Crippen LogP contribution is -2.39. The van der Waals surface area contributed by atoms with Gasteiger partial charge in [0, 0.05) is 5.69 Å². The average Bonchev–Trinajstić information content (AvgIpc) is 2.77. The Kier molecular flexibility index (Phi) is 5.03. The molecule has 1 aliphatic rings. The number of rotatable bonds is 5. The fourth-order valence-corrected chi connectivity index (χ4v) is 2.67. The molecule has 1 heterocycles. The molecule has 124 valence electrons. The smallest absolute Gasteiger partial charge is 0.325 e. The average molecular weight is 317 g/mol. The van der Waals surface area contributed by atoms with Gasteiger partial charge in [-0.3, -0.25) is 14.5 Å².